The molecule has 0 spiro atoms. The molecule has 4 heterocycles. The Balaban J connectivity index is 1.01. The number of fused-ring (bicyclic) bond motifs is 2. The van der Waals surface area contributed by atoms with Crippen LogP contribution >= 0.6 is 0 Å². The van der Waals surface area contributed by atoms with Crippen LogP contribution < -0.4 is 5.32 Å². The first-order chi connectivity index (χ1) is 14.8. The first-order valence-electron chi connectivity index (χ1n) is 12.3. The van der Waals surface area contributed by atoms with Crippen LogP contribution in [0, 0.1) is 5.92 Å². The summed E-state index contributed by atoms with van der Waals surface area (Å²) in [6.45, 7) is 7.91. The van der Waals surface area contributed by atoms with E-state index in [2.05, 4.69) is 50.3 Å². The van der Waals surface area contributed by atoms with Gasteiger partial charge in [0.2, 0.25) is 5.91 Å². The lowest BCUT2D eigenvalue weighted by Crippen LogP contribution is -2.52. The van der Waals surface area contributed by atoms with Crippen molar-refractivity contribution in [2.45, 2.75) is 63.1 Å². The number of carbonyl (C=O) groups is 1. The fourth-order valence-electron chi connectivity index (χ4n) is 6.24. The van der Waals surface area contributed by atoms with E-state index < -0.39 is 0 Å². The van der Waals surface area contributed by atoms with Crippen molar-refractivity contribution in [2.24, 2.45) is 5.92 Å². The summed E-state index contributed by atoms with van der Waals surface area (Å²) in [5.74, 6) is 0.732. The molecule has 4 aliphatic rings. The molecule has 2 bridgehead atoms. The Kier molecular flexibility index (Phi) is 6.40. The summed E-state index contributed by atoms with van der Waals surface area (Å²) >= 11 is 0. The van der Waals surface area contributed by atoms with Crippen LogP contribution in [0.5, 0.6) is 0 Å². The van der Waals surface area contributed by atoms with Gasteiger partial charge in [0, 0.05) is 37.1 Å². The van der Waals surface area contributed by atoms with Crippen molar-refractivity contribution in [3.8, 4) is 0 Å². The van der Waals surface area contributed by atoms with Crippen molar-refractivity contribution >= 4 is 5.91 Å². The first-order valence-corrected chi connectivity index (χ1v) is 12.3. The van der Waals surface area contributed by atoms with Gasteiger partial charge in [0.15, 0.2) is 0 Å². The van der Waals surface area contributed by atoms with Gasteiger partial charge in [0.05, 0.1) is 0 Å². The summed E-state index contributed by atoms with van der Waals surface area (Å²) in [6.07, 6.45) is 8.35. The summed E-state index contributed by atoms with van der Waals surface area (Å²) in [5.41, 5.74) is 1.46. The minimum Gasteiger partial charge on any atom is -0.337 e. The molecule has 5 heteroatoms. The molecule has 5 rings (SSSR count). The lowest BCUT2D eigenvalue weighted by molar-refractivity contribution is -0.138. The van der Waals surface area contributed by atoms with Gasteiger partial charge in [-0.15, -0.1) is 0 Å². The fourth-order valence-corrected chi connectivity index (χ4v) is 6.24. The van der Waals surface area contributed by atoms with Gasteiger partial charge in [0.1, 0.15) is 0 Å². The smallest absolute Gasteiger partial charge is 0.226 e. The molecule has 2 atom stereocenters. The van der Waals surface area contributed by atoms with E-state index in [0.717, 1.165) is 45.1 Å². The standard InChI is InChI=1S/C25H38N4O/c30-25(29-19-22-17-24(29)18-26-22)21-8-15-28(16-9-21)23-10-13-27(14-11-23)12-4-7-20-5-2-1-3-6-20/h1-3,5-6,21-24,26H,4,7-19H2/t22-,24-/m0/s1. The maximum Gasteiger partial charge on any atom is 0.226 e. The van der Waals surface area contributed by atoms with Crippen LogP contribution in [0.3, 0.4) is 0 Å². The Hall–Kier alpha value is -1.43. The number of hydrogen-bond acceptors (Lipinski definition) is 4. The molecule has 1 amide bonds. The molecule has 1 aromatic carbocycles. The number of piperidine rings is 2. The third kappa shape index (κ3) is 4.58. The maximum absolute atomic E-state index is 13.0. The van der Waals surface area contributed by atoms with E-state index in [1.54, 1.807) is 0 Å². The highest BCUT2D eigenvalue weighted by atomic mass is 16.2. The molecular weight excluding hydrogens is 372 g/mol. The quantitative estimate of drug-likeness (QED) is 0.782. The van der Waals surface area contributed by atoms with E-state index in [9.17, 15) is 4.79 Å². The van der Waals surface area contributed by atoms with Crippen molar-refractivity contribution in [1.82, 2.24) is 20.0 Å². The van der Waals surface area contributed by atoms with Crippen LogP contribution in [-0.2, 0) is 11.2 Å². The van der Waals surface area contributed by atoms with Gasteiger partial charge < -0.3 is 20.0 Å². The second-order valence-corrected chi connectivity index (χ2v) is 9.96. The first kappa shape index (κ1) is 20.5. The van der Waals surface area contributed by atoms with Gasteiger partial charge in [-0.2, -0.15) is 0 Å². The number of rotatable bonds is 6. The Morgan fingerprint density at radius 2 is 1.73 bits per heavy atom. The van der Waals surface area contributed by atoms with Crippen LogP contribution in [0.4, 0.5) is 0 Å². The molecule has 4 fully saturated rings. The minimum atomic E-state index is 0.277. The van der Waals surface area contributed by atoms with Crippen LogP contribution in [0.15, 0.2) is 30.3 Å². The summed E-state index contributed by atoms with van der Waals surface area (Å²) < 4.78 is 0. The number of aryl methyl sites for hydroxylation is 1. The zero-order valence-electron chi connectivity index (χ0n) is 18.3. The molecule has 0 aromatic heterocycles. The predicted molar refractivity (Wildman–Crippen MR) is 120 cm³/mol. The number of likely N-dealkylation sites (tertiary alicyclic amines) is 3. The number of nitrogens with zero attached hydrogens (tertiary/aromatic N) is 3. The maximum atomic E-state index is 13.0. The Labute approximate surface area is 181 Å². The third-order valence-corrected chi connectivity index (χ3v) is 8.07. The second-order valence-electron chi connectivity index (χ2n) is 9.96. The lowest BCUT2D eigenvalue weighted by atomic mass is 9.92. The molecule has 0 unspecified atom stereocenters. The van der Waals surface area contributed by atoms with Gasteiger partial charge in [0.25, 0.3) is 0 Å². The molecule has 164 valence electrons. The van der Waals surface area contributed by atoms with Crippen molar-refractivity contribution in [1.29, 1.82) is 0 Å². The van der Waals surface area contributed by atoms with E-state index in [0.29, 0.717) is 18.0 Å². The zero-order chi connectivity index (χ0) is 20.3. The highest BCUT2D eigenvalue weighted by Gasteiger charge is 2.42. The molecule has 5 nitrogen and oxygen atoms in total. The van der Waals surface area contributed by atoms with Crippen LogP contribution in [0.2, 0.25) is 0 Å². The molecule has 0 aliphatic carbocycles. The van der Waals surface area contributed by atoms with Gasteiger partial charge in [-0.05, 0) is 83.2 Å². The van der Waals surface area contributed by atoms with Gasteiger partial charge in [-0.25, -0.2) is 0 Å². The summed E-state index contributed by atoms with van der Waals surface area (Å²) in [6, 6.07) is 12.6. The van der Waals surface area contributed by atoms with Crippen LogP contribution in [-0.4, -0.2) is 84.5 Å². The molecule has 0 saturated carbocycles. The normalized spacial score (nSPS) is 29.0. The summed E-state index contributed by atoms with van der Waals surface area (Å²) in [4.78, 5) is 20.6. The van der Waals surface area contributed by atoms with E-state index in [1.165, 1.54) is 57.3 Å². The van der Waals surface area contributed by atoms with Crippen molar-refractivity contribution < 1.29 is 4.79 Å². The number of carbonyl (C=O) groups excluding carboxylic acids is 1. The van der Waals surface area contributed by atoms with Gasteiger partial charge >= 0.3 is 0 Å². The highest BCUT2D eigenvalue weighted by molar-refractivity contribution is 5.80. The number of piperazine rings is 1. The van der Waals surface area contributed by atoms with Gasteiger partial charge in [-0.1, -0.05) is 30.3 Å². The number of nitrogens with one attached hydrogen (secondary N) is 1. The Bertz CT molecular complexity index is 694. The average Bonchev–Trinajstić information content (AvgIpc) is 3.44. The number of amides is 1. The number of hydrogen-bond donors (Lipinski definition) is 1. The molecule has 0 radical (unpaired) electrons. The molecule has 4 aliphatic heterocycles. The molecule has 1 aromatic rings. The van der Waals surface area contributed by atoms with Crippen molar-refractivity contribution in [3.63, 3.8) is 0 Å². The summed E-state index contributed by atoms with van der Waals surface area (Å²) in [5, 5.41) is 3.51. The predicted octanol–water partition coefficient (Wildman–Crippen LogP) is 2.37. The third-order valence-electron chi connectivity index (χ3n) is 8.07. The monoisotopic (exact) mass is 410 g/mol. The largest absolute Gasteiger partial charge is 0.337 e. The minimum absolute atomic E-state index is 0.277. The Morgan fingerprint density at radius 3 is 2.40 bits per heavy atom. The average molecular weight is 411 g/mol. The van der Waals surface area contributed by atoms with E-state index in [-0.39, 0.29) is 5.92 Å². The van der Waals surface area contributed by atoms with Crippen molar-refractivity contribution in [2.75, 3.05) is 45.8 Å². The van der Waals surface area contributed by atoms with Gasteiger partial charge in [-0.3, -0.25) is 4.79 Å². The summed E-state index contributed by atoms with van der Waals surface area (Å²) in [7, 11) is 0. The molecule has 4 saturated heterocycles. The van der Waals surface area contributed by atoms with E-state index in [4.69, 9.17) is 0 Å². The van der Waals surface area contributed by atoms with Crippen LogP contribution in [0.25, 0.3) is 0 Å². The van der Waals surface area contributed by atoms with Crippen molar-refractivity contribution in [3.05, 3.63) is 35.9 Å². The van der Waals surface area contributed by atoms with E-state index >= 15 is 0 Å². The zero-order valence-corrected chi connectivity index (χ0v) is 18.3. The SMILES string of the molecule is O=C(C1CCN(C2CCN(CCCc3ccccc3)CC2)CC1)N1C[C@@H]2C[C@H]1CN2. The fraction of sp³-hybridized carbons (Fsp3) is 0.720. The van der Waals surface area contributed by atoms with Crippen LogP contribution in [0.1, 0.15) is 44.1 Å². The molecular formula is C25H38N4O. The molecule has 30 heavy (non-hydrogen) atoms. The molecule has 1 N–H and O–H groups in total. The topological polar surface area (TPSA) is 38.8 Å². The number of benzene rings is 1. The Morgan fingerprint density at radius 1 is 0.967 bits per heavy atom. The second kappa shape index (κ2) is 9.37. The lowest BCUT2D eigenvalue weighted by Gasteiger charge is -2.42. The van der Waals surface area contributed by atoms with E-state index in [1.807, 2.05) is 0 Å². The highest BCUT2D eigenvalue weighted by Crippen LogP contribution is 2.30.